The second kappa shape index (κ2) is 6.38. The van der Waals surface area contributed by atoms with Gasteiger partial charge < -0.3 is 0 Å². The Morgan fingerprint density at radius 2 is 2.12 bits per heavy atom. The summed E-state index contributed by atoms with van der Waals surface area (Å²) in [6.07, 6.45) is 4.98. The van der Waals surface area contributed by atoms with Gasteiger partial charge in [0.15, 0.2) is 11.4 Å². The largest absolute Gasteiger partial charge is 0.294 e. The van der Waals surface area contributed by atoms with Crippen molar-refractivity contribution < 1.29 is 9.18 Å². The van der Waals surface area contributed by atoms with Crippen LogP contribution in [-0.4, -0.2) is 30.3 Å². The fraction of sp³-hybridized carbons (Fsp3) is 0.167. The first kappa shape index (κ1) is 16.5. The molecule has 4 aromatic heterocycles. The average molecular weight is 367 g/mol. The number of ketones is 1. The van der Waals surface area contributed by atoms with E-state index in [1.54, 1.807) is 29.7 Å². The van der Waals surface area contributed by atoms with Gasteiger partial charge in [0.05, 0.1) is 12.0 Å². The van der Waals surface area contributed by atoms with E-state index in [0.29, 0.717) is 16.8 Å². The topological polar surface area (TPSA) is 73.0 Å². The summed E-state index contributed by atoms with van der Waals surface area (Å²) in [5.74, 6) is -0.597. The van der Waals surface area contributed by atoms with E-state index in [4.69, 9.17) is 0 Å². The van der Waals surface area contributed by atoms with Crippen molar-refractivity contribution in [3.05, 3.63) is 64.0 Å². The molecule has 0 radical (unpaired) electrons. The number of aromatic nitrogens is 5. The van der Waals surface area contributed by atoms with E-state index < -0.39 is 5.95 Å². The molecule has 0 spiro atoms. The monoisotopic (exact) mass is 367 g/mol. The highest BCUT2D eigenvalue weighted by Gasteiger charge is 2.17. The minimum absolute atomic E-state index is 0.0917. The number of pyridine rings is 2. The van der Waals surface area contributed by atoms with Gasteiger partial charge in [-0.05, 0) is 26.0 Å². The number of carbonyl (C=O) groups is 1. The van der Waals surface area contributed by atoms with Crippen molar-refractivity contribution in [2.75, 3.05) is 0 Å². The van der Waals surface area contributed by atoms with Crippen molar-refractivity contribution in [1.82, 2.24) is 24.6 Å². The summed E-state index contributed by atoms with van der Waals surface area (Å²) in [5, 5.41) is 10.6. The SMILES string of the molecule is Cc1csc(CC(=O)c2cc(-c3cnc(F)c(C)c3)cn3cnnc23)n1. The summed E-state index contributed by atoms with van der Waals surface area (Å²) in [6.45, 7) is 3.55. The quantitative estimate of drug-likeness (QED) is 0.408. The van der Waals surface area contributed by atoms with E-state index in [-0.39, 0.29) is 12.2 Å². The number of aryl methyl sites for hydroxylation is 2. The molecule has 0 amide bonds. The zero-order valence-corrected chi connectivity index (χ0v) is 14.9. The Kier molecular flexibility index (Phi) is 4.04. The summed E-state index contributed by atoms with van der Waals surface area (Å²) < 4.78 is 15.2. The number of rotatable bonds is 4. The normalized spacial score (nSPS) is 11.2. The molecule has 0 fully saturated rings. The molecule has 4 rings (SSSR count). The van der Waals surface area contributed by atoms with E-state index in [1.165, 1.54) is 23.9 Å². The van der Waals surface area contributed by atoms with E-state index in [0.717, 1.165) is 21.8 Å². The van der Waals surface area contributed by atoms with Gasteiger partial charge in [0.25, 0.3) is 0 Å². The van der Waals surface area contributed by atoms with Gasteiger partial charge in [0.1, 0.15) is 11.3 Å². The van der Waals surface area contributed by atoms with Crippen molar-refractivity contribution >= 4 is 22.8 Å². The van der Waals surface area contributed by atoms with Crippen LogP contribution in [0.1, 0.15) is 26.6 Å². The molecular weight excluding hydrogens is 353 g/mol. The van der Waals surface area contributed by atoms with E-state index >= 15 is 0 Å². The number of Topliss-reactive ketones (excluding diaryl/α,β-unsaturated/α-hetero) is 1. The van der Waals surface area contributed by atoms with Crippen LogP contribution in [0.4, 0.5) is 4.39 Å². The van der Waals surface area contributed by atoms with Gasteiger partial charge >= 0.3 is 0 Å². The lowest BCUT2D eigenvalue weighted by Gasteiger charge is -2.08. The van der Waals surface area contributed by atoms with Crippen molar-refractivity contribution in [2.24, 2.45) is 0 Å². The van der Waals surface area contributed by atoms with Crippen LogP contribution >= 0.6 is 11.3 Å². The molecule has 130 valence electrons. The molecule has 4 aromatic rings. The first-order valence-electron chi connectivity index (χ1n) is 7.91. The van der Waals surface area contributed by atoms with Gasteiger partial charge in [-0.25, -0.2) is 9.97 Å². The van der Waals surface area contributed by atoms with Crippen molar-refractivity contribution in [2.45, 2.75) is 20.3 Å². The number of thiazole rings is 1. The second-order valence-corrected chi connectivity index (χ2v) is 6.96. The molecule has 0 saturated heterocycles. The van der Waals surface area contributed by atoms with E-state index in [1.807, 2.05) is 12.3 Å². The third kappa shape index (κ3) is 2.99. The standard InChI is InChI=1S/C18H14FN5OS/c1-10-3-12(6-20-17(10)19)13-4-14(18-23-21-9-24(18)7-13)15(25)5-16-22-11(2)8-26-16/h3-4,6-9H,5H2,1-2H3. The molecular formula is C18H14FN5OS. The molecule has 0 saturated carbocycles. The molecule has 0 bridgehead atoms. The molecule has 0 unspecified atom stereocenters. The predicted molar refractivity (Wildman–Crippen MR) is 95.8 cm³/mol. The van der Waals surface area contributed by atoms with Crippen LogP contribution < -0.4 is 0 Å². The van der Waals surface area contributed by atoms with Crippen molar-refractivity contribution in [1.29, 1.82) is 0 Å². The van der Waals surface area contributed by atoms with Gasteiger partial charge in [-0.2, -0.15) is 4.39 Å². The molecule has 4 heterocycles. The summed E-state index contributed by atoms with van der Waals surface area (Å²) in [7, 11) is 0. The first-order valence-corrected chi connectivity index (χ1v) is 8.79. The number of fused-ring (bicyclic) bond motifs is 1. The zero-order valence-electron chi connectivity index (χ0n) is 14.1. The molecule has 0 N–H and O–H groups in total. The Morgan fingerprint density at radius 3 is 2.85 bits per heavy atom. The fourth-order valence-electron chi connectivity index (χ4n) is 2.73. The third-order valence-electron chi connectivity index (χ3n) is 4.02. The maximum Gasteiger partial charge on any atom is 0.215 e. The maximum absolute atomic E-state index is 13.5. The molecule has 0 aliphatic heterocycles. The first-order chi connectivity index (χ1) is 12.5. The van der Waals surface area contributed by atoms with Crippen molar-refractivity contribution in [3.63, 3.8) is 0 Å². The summed E-state index contributed by atoms with van der Waals surface area (Å²) in [6, 6.07) is 3.45. The Labute approximate surface area is 152 Å². The molecule has 0 aliphatic carbocycles. The molecule has 26 heavy (non-hydrogen) atoms. The number of carbonyl (C=O) groups excluding carboxylic acids is 1. The van der Waals surface area contributed by atoms with Crippen molar-refractivity contribution in [3.8, 4) is 11.1 Å². The lowest BCUT2D eigenvalue weighted by Crippen LogP contribution is -2.07. The summed E-state index contributed by atoms with van der Waals surface area (Å²) in [5.41, 5.74) is 3.74. The Bertz CT molecular complexity index is 1130. The fourth-order valence-corrected chi connectivity index (χ4v) is 3.50. The number of hydrogen-bond donors (Lipinski definition) is 0. The highest BCUT2D eigenvalue weighted by atomic mass is 32.1. The highest BCUT2D eigenvalue weighted by Crippen LogP contribution is 2.24. The number of halogens is 1. The van der Waals surface area contributed by atoms with Gasteiger partial charge in [0, 0.05) is 40.2 Å². The van der Waals surface area contributed by atoms with Gasteiger partial charge in [0.2, 0.25) is 5.95 Å². The number of hydrogen-bond acceptors (Lipinski definition) is 6. The number of nitrogens with zero attached hydrogens (tertiary/aromatic N) is 5. The summed E-state index contributed by atoms with van der Waals surface area (Å²) in [4.78, 5) is 21.0. The average Bonchev–Trinajstić information content (AvgIpc) is 3.25. The maximum atomic E-state index is 13.5. The smallest absolute Gasteiger partial charge is 0.215 e. The van der Waals surface area contributed by atoms with Crippen LogP contribution in [0.3, 0.4) is 0 Å². The van der Waals surface area contributed by atoms with Gasteiger partial charge in [-0.15, -0.1) is 21.5 Å². The second-order valence-electron chi connectivity index (χ2n) is 6.02. The zero-order chi connectivity index (χ0) is 18.3. The van der Waals surface area contributed by atoms with Crippen LogP contribution in [0.25, 0.3) is 16.8 Å². The summed E-state index contributed by atoms with van der Waals surface area (Å²) >= 11 is 1.46. The lowest BCUT2D eigenvalue weighted by molar-refractivity contribution is 0.0994. The van der Waals surface area contributed by atoms with Crippen LogP contribution in [0.15, 0.2) is 36.2 Å². The van der Waals surface area contributed by atoms with Crippen LogP contribution in [-0.2, 0) is 6.42 Å². The predicted octanol–water partition coefficient (Wildman–Crippen LogP) is 3.43. The lowest BCUT2D eigenvalue weighted by atomic mass is 10.0. The molecule has 0 aliphatic rings. The molecule has 0 atom stereocenters. The minimum atomic E-state index is -0.505. The molecule has 6 nitrogen and oxygen atoms in total. The van der Waals surface area contributed by atoms with Gasteiger partial charge in [-0.1, -0.05) is 0 Å². The van der Waals surface area contributed by atoms with Crippen LogP contribution in [0.5, 0.6) is 0 Å². The Morgan fingerprint density at radius 1 is 1.27 bits per heavy atom. The van der Waals surface area contributed by atoms with Crippen LogP contribution in [0.2, 0.25) is 0 Å². The van der Waals surface area contributed by atoms with Crippen LogP contribution in [0, 0.1) is 19.8 Å². The Balaban J connectivity index is 1.79. The highest BCUT2D eigenvalue weighted by molar-refractivity contribution is 7.09. The third-order valence-corrected chi connectivity index (χ3v) is 4.99. The van der Waals surface area contributed by atoms with Gasteiger partial charge in [-0.3, -0.25) is 9.20 Å². The van der Waals surface area contributed by atoms with E-state index in [2.05, 4.69) is 20.2 Å². The molecule has 8 heteroatoms. The Hall–Kier alpha value is -3.00. The minimum Gasteiger partial charge on any atom is -0.294 e. The van der Waals surface area contributed by atoms with E-state index in [9.17, 15) is 9.18 Å². The molecule has 0 aromatic carbocycles.